The fourth-order valence-corrected chi connectivity index (χ4v) is 5.01. The molecular formula is C19H19N3OS2. The number of carbonyl (C=O) groups is 1. The molecule has 1 aliphatic heterocycles. The highest BCUT2D eigenvalue weighted by Gasteiger charge is 2.13. The van der Waals surface area contributed by atoms with Crippen LogP contribution in [0.25, 0.3) is 21.8 Å². The Morgan fingerprint density at radius 2 is 2.08 bits per heavy atom. The highest BCUT2D eigenvalue weighted by atomic mass is 32.2. The highest BCUT2D eigenvalue weighted by molar-refractivity contribution is 8.39. The van der Waals surface area contributed by atoms with Crippen molar-refractivity contribution in [3.05, 3.63) is 42.5 Å². The minimum atomic E-state index is 0.0128. The van der Waals surface area contributed by atoms with Crippen LogP contribution in [0, 0.1) is 0 Å². The molecule has 1 aromatic heterocycles. The molecule has 2 heterocycles. The number of benzene rings is 2. The highest BCUT2D eigenvalue weighted by Crippen LogP contribution is 2.31. The van der Waals surface area contributed by atoms with Crippen LogP contribution in [-0.4, -0.2) is 32.9 Å². The molecule has 0 saturated carbocycles. The lowest BCUT2D eigenvalue weighted by atomic mass is 10.1. The van der Waals surface area contributed by atoms with E-state index in [1.165, 1.54) is 33.6 Å². The number of anilines is 1. The van der Waals surface area contributed by atoms with Crippen LogP contribution in [0.4, 0.5) is 5.69 Å². The van der Waals surface area contributed by atoms with Crippen LogP contribution < -0.4 is 5.32 Å². The van der Waals surface area contributed by atoms with Gasteiger partial charge in [0.05, 0.1) is 12.3 Å². The van der Waals surface area contributed by atoms with Gasteiger partial charge in [0.2, 0.25) is 5.91 Å². The molecule has 0 spiro atoms. The summed E-state index contributed by atoms with van der Waals surface area (Å²) in [5.74, 6) is 1.45. The Bertz CT molecular complexity index is 977. The Hall–Kier alpha value is -1.92. The summed E-state index contributed by atoms with van der Waals surface area (Å²) in [4.78, 5) is 16.6. The minimum Gasteiger partial charge on any atom is -0.341 e. The van der Waals surface area contributed by atoms with Gasteiger partial charge in [0.25, 0.3) is 0 Å². The first-order valence-corrected chi connectivity index (χ1v) is 10.3. The van der Waals surface area contributed by atoms with Gasteiger partial charge in [-0.25, -0.2) is 0 Å². The summed E-state index contributed by atoms with van der Waals surface area (Å²) in [7, 11) is 0. The molecule has 0 bridgehead atoms. The summed E-state index contributed by atoms with van der Waals surface area (Å²) in [6.07, 6.45) is 0. The molecule has 2 aromatic carbocycles. The van der Waals surface area contributed by atoms with Crippen LogP contribution >= 0.6 is 23.5 Å². The number of fused-ring (bicyclic) bond motifs is 3. The lowest BCUT2D eigenvalue weighted by Gasteiger charge is -2.06. The van der Waals surface area contributed by atoms with Crippen molar-refractivity contribution >= 4 is 61.3 Å². The number of nitrogens with one attached hydrogen (secondary N) is 1. The van der Waals surface area contributed by atoms with E-state index in [4.69, 9.17) is 0 Å². The molecule has 1 aliphatic rings. The van der Waals surface area contributed by atoms with Crippen LogP contribution in [-0.2, 0) is 11.3 Å². The zero-order chi connectivity index (χ0) is 17.2. The number of aromatic nitrogens is 1. The van der Waals surface area contributed by atoms with Crippen molar-refractivity contribution in [2.24, 2.45) is 4.99 Å². The number of rotatable bonds is 4. The van der Waals surface area contributed by atoms with E-state index >= 15 is 0 Å². The zero-order valence-electron chi connectivity index (χ0n) is 14.0. The smallest absolute Gasteiger partial charge is 0.234 e. The van der Waals surface area contributed by atoms with Crippen molar-refractivity contribution in [2.75, 3.05) is 23.4 Å². The third-order valence-electron chi connectivity index (χ3n) is 4.26. The van der Waals surface area contributed by atoms with E-state index in [2.05, 4.69) is 58.2 Å². The molecule has 128 valence electrons. The molecule has 25 heavy (non-hydrogen) atoms. The maximum absolute atomic E-state index is 12.2. The van der Waals surface area contributed by atoms with E-state index in [0.29, 0.717) is 5.75 Å². The molecule has 0 fully saturated rings. The molecule has 1 N–H and O–H groups in total. The third-order valence-corrected chi connectivity index (χ3v) is 6.51. The van der Waals surface area contributed by atoms with Crippen LogP contribution in [0.5, 0.6) is 0 Å². The van der Waals surface area contributed by atoms with E-state index in [9.17, 15) is 4.79 Å². The van der Waals surface area contributed by atoms with Crippen LogP contribution in [0.3, 0.4) is 0 Å². The molecule has 0 unspecified atom stereocenters. The van der Waals surface area contributed by atoms with Crippen LogP contribution in [0.15, 0.2) is 47.5 Å². The fraction of sp³-hybridized carbons (Fsp3) is 0.263. The van der Waals surface area contributed by atoms with E-state index in [1.54, 1.807) is 11.8 Å². The largest absolute Gasteiger partial charge is 0.341 e. The third kappa shape index (κ3) is 3.28. The summed E-state index contributed by atoms with van der Waals surface area (Å²) in [5.41, 5.74) is 3.28. The van der Waals surface area contributed by atoms with Crippen LogP contribution in [0.2, 0.25) is 0 Å². The normalized spacial score (nSPS) is 14.2. The maximum Gasteiger partial charge on any atom is 0.234 e. The van der Waals surface area contributed by atoms with Gasteiger partial charge in [-0.15, -0.1) is 0 Å². The molecule has 4 rings (SSSR count). The van der Waals surface area contributed by atoms with Gasteiger partial charge in [-0.05, 0) is 31.2 Å². The van der Waals surface area contributed by atoms with Crippen molar-refractivity contribution in [1.29, 1.82) is 0 Å². The number of carbonyl (C=O) groups excluding carboxylic acids is 1. The number of hydrogen-bond donors (Lipinski definition) is 1. The van der Waals surface area contributed by atoms with Crippen molar-refractivity contribution in [2.45, 2.75) is 13.5 Å². The number of hydrogen-bond acceptors (Lipinski definition) is 4. The average Bonchev–Trinajstić information content (AvgIpc) is 3.25. The molecule has 0 aliphatic carbocycles. The Kier molecular flexibility index (Phi) is 4.72. The maximum atomic E-state index is 12.2. The number of thioether (sulfide) groups is 2. The predicted molar refractivity (Wildman–Crippen MR) is 111 cm³/mol. The predicted octanol–water partition coefficient (Wildman–Crippen LogP) is 4.59. The second kappa shape index (κ2) is 7.14. The first kappa shape index (κ1) is 16.5. The second-order valence-corrected chi connectivity index (χ2v) is 8.13. The summed E-state index contributed by atoms with van der Waals surface area (Å²) in [6.45, 7) is 3.95. The zero-order valence-corrected chi connectivity index (χ0v) is 15.6. The molecule has 6 heteroatoms. The Balaban J connectivity index is 1.58. The van der Waals surface area contributed by atoms with E-state index in [0.717, 1.165) is 28.9 Å². The number of aliphatic imine (C=N–C) groups is 1. The van der Waals surface area contributed by atoms with Gasteiger partial charge in [0.1, 0.15) is 4.38 Å². The Morgan fingerprint density at radius 3 is 2.88 bits per heavy atom. The second-order valence-electron chi connectivity index (χ2n) is 5.83. The molecule has 1 amide bonds. The summed E-state index contributed by atoms with van der Waals surface area (Å²) < 4.78 is 3.33. The molecule has 0 radical (unpaired) electrons. The first-order valence-electron chi connectivity index (χ1n) is 8.37. The Labute approximate surface area is 155 Å². The van der Waals surface area contributed by atoms with Gasteiger partial charge in [0, 0.05) is 39.8 Å². The summed E-state index contributed by atoms with van der Waals surface area (Å²) >= 11 is 3.25. The topological polar surface area (TPSA) is 46.4 Å². The molecule has 3 aromatic rings. The van der Waals surface area contributed by atoms with E-state index in [1.807, 2.05) is 6.07 Å². The molecular weight excluding hydrogens is 350 g/mol. The minimum absolute atomic E-state index is 0.0128. The van der Waals surface area contributed by atoms with Gasteiger partial charge in [-0.1, -0.05) is 41.7 Å². The van der Waals surface area contributed by atoms with Gasteiger partial charge in [-0.3, -0.25) is 9.79 Å². The van der Waals surface area contributed by atoms with Gasteiger partial charge in [0.15, 0.2) is 0 Å². The average molecular weight is 370 g/mol. The van der Waals surface area contributed by atoms with Crippen LogP contribution in [0.1, 0.15) is 6.92 Å². The lowest BCUT2D eigenvalue weighted by molar-refractivity contribution is -0.113. The van der Waals surface area contributed by atoms with Gasteiger partial charge in [-0.2, -0.15) is 0 Å². The number of nitrogens with zero attached hydrogens (tertiary/aromatic N) is 2. The molecule has 4 nitrogen and oxygen atoms in total. The number of para-hydroxylation sites is 1. The molecule has 0 saturated heterocycles. The van der Waals surface area contributed by atoms with E-state index in [-0.39, 0.29) is 5.91 Å². The number of aryl methyl sites for hydroxylation is 1. The first-order chi connectivity index (χ1) is 12.3. The van der Waals surface area contributed by atoms with Crippen molar-refractivity contribution in [3.63, 3.8) is 0 Å². The standard InChI is InChI=1S/C19H19N3OS2/c1-2-22-16-6-4-3-5-14(16)15-11-13(7-8-17(15)22)21-18(23)12-25-19-20-9-10-24-19/h3-8,11H,2,9-10,12H2,1H3,(H,21,23). The lowest BCUT2D eigenvalue weighted by Crippen LogP contribution is -2.14. The summed E-state index contributed by atoms with van der Waals surface area (Å²) in [6, 6.07) is 14.6. The van der Waals surface area contributed by atoms with Gasteiger partial charge < -0.3 is 9.88 Å². The number of amides is 1. The van der Waals surface area contributed by atoms with Crippen molar-refractivity contribution in [3.8, 4) is 0 Å². The van der Waals surface area contributed by atoms with Crippen molar-refractivity contribution in [1.82, 2.24) is 4.57 Å². The monoisotopic (exact) mass is 369 g/mol. The summed E-state index contributed by atoms with van der Waals surface area (Å²) in [5, 5.41) is 5.42. The SMILES string of the molecule is CCn1c2ccccc2c2cc(NC(=O)CSC3=NCCS3)ccc21. The van der Waals surface area contributed by atoms with E-state index < -0.39 is 0 Å². The van der Waals surface area contributed by atoms with Gasteiger partial charge >= 0.3 is 0 Å². The fourth-order valence-electron chi connectivity index (χ4n) is 3.20. The van der Waals surface area contributed by atoms with Crippen molar-refractivity contribution < 1.29 is 4.79 Å². The molecule has 0 atom stereocenters. The quantitative estimate of drug-likeness (QED) is 0.732. The Morgan fingerprint density at radius 1 is 1.24 bits per heavy atom.